The number of halogens is 2. The number of rotatable bonds is 5. The van der Waals surface area contributed by atoms with E-state index in [1.54, 1.807) is 0 Å². The van der Waals surface area contributed by atoms with Gasteiger partial charge in [0.15, 0.2) is 0 Å². The Hall–Kier alpha value is -0.990. The van der Waals surface area contributed by atoms with Crippen LogP contribution in [0.3, 0.4) is 0 Å². The van der Waals surface area contributed by atoms with Gasteiger partial charge in [-0.25, -0.2) is 0 Å². The van der Waals surface area contributed by atoms with Crippen LogP contribution in [0.15, 0.2) is 53.0 Å². The van der Waals surface area contributed by atoms with Gasteiger partial charge in [-0.2, -0.15) is 0 Å². The molecule has 2 aromatic carbocycles. The van der Waals surface area contributed by atoms with Gasteiger partial charge in [0.05, 0.1) is 0 Å². The lowest BCUT2D eigenvalue weighted by molar-refractivity contribution is 0.827. The molecular formula is C16H17BrClN. The Morgan fingerprint density at radius 2 is 1.84 bits per heavy atom. The average molecular weight is 339 g/mol. The molecule has 0 aliphatic carbocycles. The molecule has 0 fully saturated rings. The van der Waals surface area contributed by atoms with Gasteiger partial charge in [0.1, 0.15) is 0 Å². The van der Waals surface area contributed by atoms with Crippen molar-refractivity contribution >= 4 is 33.2 Å². The molecular weight excluding hydrogens is 322 g/mol. The standard InChI is InChI=1S/C16H17BrClN/c1-2-19(12-13-6-4-3-5-7-13)16-10-15(17)9-8-14(16)11-18/h3-10H,2,11-12H2,1H3. The smallest absolute Gasteiger partial charge is 0.0494 e. The Balaban J connectivity index is 2.29. The van der Waals surface area contributed by atoms with Crippen molar-refractivity contribution < 1.29 is 0 Å². The molecule has 0 saturated heterocycles. The molecule has 1 nitrogen and oxygen atoms in total. The molecule has 19 heavy (non-hydrogen) atoms. The molecule has 100 valence electrons. The van der Waals surface area contributed by atoms with Gasteiger partial charge in [0, 0.05) is 29.1 Å². The van der Waals surface area contributed by atoms with Gasteiger partial charge < -0.3 is 4.90 Å². The number of anilines is 1. The molecule has 0 unspecified atom stereocenters. The molecule has 0 aliphatic heterocycles. The number of hydrogen-bond donors (Lipinski definition) is 0. The quantitative estimate of drug-likeness (QED) is 0.676. The zero-order valence-electron chi connectivity index (χ0n) is 10.9. The molecule has 0 bridgehead atoms. The van der Waals surface area contributed by atoms with Crippen molar-refractivity contribution in [3.05, 3.63) is 64.1 Å². The van der Waals surface area contributed by atoms with E-state index in [9.17, 15) is 0 Å². The number of alkyl halides is 1. The van der Waals surface area contributed by atoms with Gasteiger partial charge in [-0.3, -0.25) is 0 Å². The van der Waals surface area contributed by atoms with E-state index >= 15 is 0 Å². The highest BCUT2D eigenvalue weighted by Gasteiger charge is 2.10. The molecule has 0 saturated carbocycles. The minimum Gasteiger partial charge on any atom is -0.367 e. The second-order valence-corrected chi connectivity index (χ2v) is 5.59. The third kappa shape index (κ3) is 3.74. The van der Waals surface area contributed by atoms with Crippen molar-refractivity contribution in [2.24, 2.45) is 0 Å². The Labute approximate surface area is 128 Å². The fraction of sp³-hybridized carbons (Fsp3) is 0.250. The lowest BCUT2D eigenvalue weighted by Gasteiger charge is -2.25. The first-order valence-corrected chi connectivity index (χ1v) is 7.70. The van der Waals surface area contributed by atoms with Crippen LogP contribution < -0.4 is 4.90 Å². The van der Waals surface area contributed by atoms with Crippen molar-refractivity contribution in [1.29, 1.82) is 0 Å². The van der Waals surface area contributed by atoms with Gasteiger partial charge in [0.25, 0.3) is 0 Å². The maximum absolute atomic E-state index is 6.05. The third-order valence-corrected chi connectivity index (χ3v) is 3.91. The van der Waals surface area contributed by atoms with Gasteiger partial charge in [0.2, 0.25) is 0 Å². The summed E-state index contributed by atoms with van der Waals surface area (Å²) in [7, 11) is 0. The number of hydrogen-bond acceptors (Lipinski definition) is 1. The first-order chi connectivity index (χ1) is 9.24. The Morgan fingerprint density at radius 1 is 1.11 bits per heavy atom. The van der Waals surface area contributed by atoms with Crippen molar-refractivity contribution in [2.45, 2.75) is 19.3 Å². The van der Waals surface area contributed by atoms with Gasteiger partial charge in [-0.15, -0.1) is 11.6 Å². The highest BCUT2D eigenvalue weighted by atomic mass is 79.9. The second kappa shape index (κ2) is 6.97. The summed E-state index contributed by atoms with van der Waals surface area (Å²) in [6.07, 6.45) is 0. The van der Waals surface area contributed by atoms with E-state index in [1.807, 2.05) is 12.1 Å². The van der Waals surface area contributed by atoms with E-state index in [1.165, 1.54) is 16.8 Å². The summed E-state index contributed by atoms with van der Waals surface area (Å²) in [5.41, 5.74) is 3.68. The molecule has 0 aliphatic rings. The lowest BCUT2D eigenvalue weighted by Crippen LogP contribution is -2.23. The number of benzene rings is 2. The highest BCUT2D eigenvalue weighted by Crippen LogP contribution is 2.27. The van der Waals surface area contributed by atoms with Crippen LogP contribution in [0, 0.1) is 0 Å². The second-order valence-electron chi connectivity index (χ2n) is 4.41. The van der Waals surface area contributed by atoms with Gasteiger partial charge in [-0.05, 0) is 30.2 Å². The zero-order valence-corrected chi connectivity index (χ0v) is 13.3. The SMILES string of the molecule is CCN(Cc1ccccc1)c1cc(Br)ccc1CCl. The monoisotopic (exact) mass is 337 g/mol. The topological polar surface area (TPSA) is 3.24 Å². The van der Waals surface area contributed by atoms with E-state index < -0.39 is 0 Å². The van der Waals surface area contributed by atoms with Crippen LogP contribution in [-0.2, 0) is 12.4 Å². The van der Waals surface area contributed by atoms with Gasteiger partial charge >= 0.3 is 0 Å². The lowest BCUT2D eigenvalue weighted by atomic mass is 10.1. The summed E-state index contributed by atoms with van der Waals surface area (Å²) in [6, 6.07) is 16.8. The predicted octanol–water partition coefficient (Wildman–Crippen LogP) is 5.21. The van der Waals surface area contributed by atoms with Crippen LogP contribution in [-0.4, -0.2) is 6.54 Å². The van der Waals surface area contributed by atoms with Crippen LogP contribution in [0.5, 0.6) is 0 Å². The Morgan fingerprint density at radius 3 is 2.47 bits per heavy atom. The molecule has 0 heterocycles. The number of nitrogens with zero attached hydrogens (tertiary/aromatic N) is 1. The summed E-state index contributed by atoms with van der Waals surface area (Å²) in [4.78, 5) is 2.35. The Bertz CT molecular complexity index is 528. The zero-order chi connectivity index (χ0) is 13.7. The molecule has 0 radical (unpaired) electrons. The fourth-order valence-corrected chi connectivity index (χ4v) is 2.69. The Kier molecular flexibility index (Phi) is 5.29. The molecule has 3 heteroatoms. The summed E-state index contributed by atoms with van der Waals surface area (Å²) in [6.45, 7) is 4.02. The van der Waals surface area contributed by atoms with E-state index in [2.05, 4.69) is 64.2 Å². The molecule has 0 N–H and O–H groups in total. The van der Waals surface area contributed by atoms with Crippen molar-refractivity contribution in [3.63, 3.8) is 0 Å². The van der Waals surface area contributed by atoms with E-state index in [0.717, 1.165) is 17.6 Å². The van der Waals surface area contributed by atoms with E-state index in [0.29, 0.717) is 5.88 Å². The van der Waals surface area contributed by atoms with Crippen LogP contribution in [0.1, 0.15) is 18.1 Å². The minimum atomic E-state index is 0.536. The van der Waals surface area contributed by atoms with Crippen LogP contribution in [0.2, 0.25) is 0 Å². The summed E-state index contributed by atoms with van der Waals surface area (Å²) in [5.74, 6) is 0.536. The molecule has 2 rings (SSSR count). The van der Waals surface area contributed by atoms with Crippen molar-refractivity contribution in [1.82, 2.24) is 0 Å². The summed E-state index contributed by atoms with van der Waals surface area (Å²) < 4.78 is 1.09. The first-order valence-electron chi connectivity index (χ1n) is 6.38. The molecule has 0 atom stereocenters. The van der Waals surface area contributed by atoms with Crippen LogP contribution in [0.4, 0.5) is 5.69 Å². The third-order valence-electron chi connectivity index (χ3n) is 3.13. The minimum absolute atomic E-state index is 0.536. The maximum Gasteiger partial charge on any atom is 0.0494 e. The average Bonchev–Trinajstić information content (AvgIpc) is 2.46. The van der Waals surface area contributed by atoms with E-state index in [-0.39, 0.29) is 0 Å². The van der Waals surface area contributed by atoms with Crippen LogP contribution >= 0.6 is 27.5 Å². The van der Waals surface area contributed by atoms with Crippen molar-refractivity contribution in [3.8, 4) is 0 Å². The fourth-order valence-electron chi connectivity index (χ4n) is 2.12. The molecule has 0 aromatic heterocycles. The van der Waals surface area contributed by atoms with Crippen LogP contribution in [0.25, 0.3) is 0 Å². The summed E-state index contributed by atoms with van der Waals surface area (Å²) in [5, 5.41) is 0. The molecule has 0 amide bonds. The van der Waals surface area contributed by atoms with E-state index in [4.69, 9.17) is 11.6 Å². The normalized spacial score (nSPS) is 10.5. The molecule has 0 spiro atoms. The predicted molar refractivity (Wildman–Crippen MR) is 86.9 cm³/mol. The van der Waals surface area contributed by atoms with Crippen molar-refractivity contribution in [2.75, 3.05) is 11.4 Å². The highest BCUT2D eigenvalue weighted by molar-refractivity contribution is 9.10. The van der Waals surface area contributed by atoms with Gasteiger partial charge in [-0.1, -0.05) is 52.3 Å². The largest absolute Gasteiger partial charge is 0.367 e. The molecule has 2 aromatic rings. The maximum atomic E-state index is 6.05. The summed E-state index contributed by atoms with van der Waals surface area (Å²) >= 11 is 9.59. The first kappa shape index (κ1) is 14.4.